The van der Waals surface area contributed by atoms with Crippen molar-refractivity contribution in [2.75, 3.05) is 19.1 Å². The van der Waals surface area contributed by atoms with Crippen LogP contribution >= 0.6 is 11.6 Å². The molecule has 1 aliphatic carbocycles. The third-order valence-electron chi connectivity index (χ3n) is 7.95. The van der Waals surface area contributed by atoms with E-state index in [9.17, 15) is 14.4 Å². The minimum Gasteiger partial charge on any atom is -0.497 e. The predicted octanol–water partition coefficient (Wildman–Crippen LogP) is 5.38. The number of benzene rings is 3. The van der Waals surface area contributed by atoms with Gasteiger partial charge in [0.25, 0.3) is 0 Å². The van der Waals surface area contributed by atoms with Crippen molar-refractivity contribution in [1.29, 1.82) is 0 Å². The number of hydrogen-bond acceptors (Lipinski definition) is 6. The highest BCUT2D eigenvalue weighted by Gasteiger charge is 2.71. The number of nitrogens with zero attached hydrogens (tertiary/aromatic N) is 1. The zero-order valence-electron chi connectivity index (χ0n) is 20.5. The molecule has 186 valence electrons. The van der Waals surface area contributed by atoms with Crippen LogP contribution in [0.15, 0.2) is 66.7 Å². The largest absolute Gasteiger partial charge is 0.497 e. The number of ether oxygens (including phenoxy) is 2. The van der Waals surface area contributed by atoms with Crippen molar-refractivity contribution >= 4 is 40.7 Å². The second-order valence-corrected chi connectivity index (χ2v) is 10.1. The topological polar surface area (TPSA) is 72.9 Å². The number of anilines is 1. The van der Waals surface area contributed by atoms with Gasteiger partial charge >= 0.3 is 0 Å². The maximum absolute atomic E-state index is 14.5. The van der Waals surface area contributed by atoms with E-state index in [-0.39, 0.29) is 17.3 Å². The van der Waals surface area contributed by atoms with Crippen LogP contribution in [-0.4, -0.2) is 43.7 Å². The molecule has 1 fully saturated rings. The second kappa shape index (κ2) is 8.32. The monoisotopic (exact) mass is 513 g/mol. The molecular weight excluding hydrogens is 490 g/mol. The van der Waals surface area contributed by atoms with Gasteiger partial charge in [-0.25, -0.2) is 0 Å². The molecule has 3 aromatic carbocycles. The van der Waals surface area contributed by atoms with Crippen molar-refractivity contribution in [3.63, 3.8) is 0 Å². The van der Waals surface area contributed by atoms with Crippen LogP contribution in [0.4, 0.5) is 5.69 Å². The molecule has 2 heterocycles. The molecule has 37 heavy (non-hydrogen) atoms. The molecule has 6 nitrogen and oxygen atoms in total. The minimum absolute atomic E-state index is 0.162. The molecule has 6 rings (SSSR count). The van der Waals surface area contributed by atoms with Gasteiger partial charge in [0.15, 0.2) is 17.3 Å². The molecule has 0 saturated carbocycles. The third kappa shape index (κ3) is 3.02. The van der Waals surface area contributed by atoms with Crippen LogP contribution in [0, 0.1) is 5.41 Å². The molecule has 3 aromatic rings. The molecule has 7 heteroatoms. The lowest BCUT2D eigenvalue weighted by Gasteiger charge is -2.37. The lowest BCUT2D eigenvalue weighted by Crippen LogP contribution is -2.48. The van der Waals surface area contributed by atoms with Gasteiger partial charge in [-0.3, -0.25) is 14.4 Å². The van der Waals surface area contributed by atoms with Gasteiger partial charge in [-0.2, -0.15) is 0 Å². The van der Waals surface area contributed by atoms with E-state index in [4.69, 9.17) is 21.1 Å². The lowest BCUT2D eigenvalue weighted by molar-refractivity contribution is -0.118. The van der Waals surface area contributed by atoms with Crippen molar-refractivity contribution in [3.05, 3.63) is 94.0 Å². The average Bonchev–Trinajstić information content (AvgIpc) is 3.34. The average molecular weight is 514 g/mol. The molecule has 0 bridgehead atoms. The van der Waals surface area contributed by atoms with E-state index in [1.165, 1.54) is 14.0 Å². The number of fused-ring (bicyclic) bond motifs is 5. The first-order valence-corrected chi connectivity index (χ1v) is 12.4. The molecular formula is C30H24ClNO5. The summed E-state index contributed by atoms with van der Waals surface area (Å²) in [5.41, 5.74) is 1.32. The summed E-state index contributed by atoms with van der Waals surface area (Å²) >= 11 is 6.29. The molecule has 0 radical (unpaired) electrons. The SMILES string of the molecule is COc1ccc(OC)c([C@H]2[C@@H](C(C)=O)N3c4ccc(Cl)cc4C=C[C@@H]3C23C(=O)c2ccccc2C3=O)c1. The fourth-order valence-corrected chi connectivity index (χ4v) is 6.71. The Hall–Kier alpha value is -3.90. The summed E-state index contributed by atoms with van der Waals surface area (Å²) in [6, 6.07) is 16.1. The van der Waals surface area contributed by atoms with Gasteiger partial charge in [0.05, 0.1) is 26.3 Å². The Morgan fingerprint density at radius 2 is 1.65 bits per heavy atom. The molecule has 0 aromatic heterocycles. The number of ketones is 3. The van der Waals surface area contributed by atoms with E-state index in [1.807, 2.05) is 29.2 Å². The fraction of sp³-hybridized carbons (Fsp3) is 0.233. The predicted molar refractivity (Wildman–Crippen MR) is 141 cm³/mol. The Morgan fingerprint density at radius 3 is 2.27 bits per heavy atom. The van der Waals surface area contributed by atoms with Gasteiger partial charge in [-0.05, 0) is 48.9 Å². The Morgan fingerprint density at radius 1 is 0.946 bits per heavy atom. The number of halogens is 1. The van der Waals surface area contributed by atoms with Crippen LogP contribution in [-0.2, 0) is 4.79 Å². The first kappa shape index (κ1) is 23.5. The highest BCUT2D eigenvalue weighted by molar-refractivity contribution is 6.32. The molecule has 3 atom stereocenters. The minimum atomic E-state index is -1.58. The number of Topliss-reactive ketones (excluding diaryl/α,β-unsaturated/α-hetero) is 3. The molecule has 3 aliphatic rings. The van der Waals surface area contributed by atoms with Gasteiger partial charge < -0.3 is 14.4 Å². The van der Waals surface area contributed by atoms with Crippen molar-refractivity contribution in [3.8, 4) is 11.5 Å². The van der Waals surface area contributed by atoms with E-state index in [0.717, 1.165) is 11.3 Å². The van der Waals surface area contributed by atoms with Crippen LogP contribution in [0.1, 0.15) is 44.7 Å². The lowest BCUT2D eigenvalue weighted by atomic mass is 9.64. The van der Waals surface area contributed by atoms with Gasteiger partial charge in [0, 0.05) is 33.3 Å². The van der Waals surface area contributed by atoms with Gasteiger partial charge in [-0.15, -0.1) is 0 Å². The van der Waals surface area contributed by atoms with E-state index >= 15 is 0 Å². The smallest absolute Gasteiger partial charge is 0.180 e. The maximum atomic E-state index is 14.5. The van der Waals surface area contributed by atoms with Crippen LogP contribution in [0.3, 0.4) is 0 Å². The van der Waals surface area contributed by atoms with Gasteiger partial charge in [-0.1, -0.05) is 48.0 Å². The van der Waals surface area contributed by atoms with Gasteiger partial charge in [0.1, 0.15) is 16.9 Å². The van der Waals surface area contributed by atoms with Crippen LogP contribution < -0.4 is 14.4 Å². The number of rotatable bonds is 4. The highest BCUT2D eigenvalue weighted by Crippen LogP contribution is 2.62. The Bertz CT molecular complexity index is 1490. The summed E-state index contributed by atoms with van der Waals surface area (Å²) in [5, 5.41) is 0.557. The van der Waals surface area contributed by atoms with Crippen molar-refractivity contribution in [2.24, 2.45) is 5.41 Å². The third-order valence-corrected chi connectivity index (χ3v) is 8.19. The first-order chi connectivity index (χ1) is 17.8. The van der Waals surface area contributed by atoms with Crippen LogP contribution in [0.25, 0.3) is 6.08 Å². The van der Waals surface area contributed by atoms with Crippen LogP contribution in [0.5, 0.6) is 11.5 Å². The summed E-state index contributed by atoms with van der Waals surface area (Å²) in [7, 11) is 3.08. The van der Waals surface area contributed by atoms with E-state index in [0.29, 0.717) is 33.2 Å². The van der Waals surface area contributed by atoms with Crippen molar-refractivity contribution < 1.29 is 23.9 Å². The molecule has 0 amide bonds. The van der Waals surface area contributed by atoms with Gasteiger partial charge in [0.2, 0.25) is 0 Å². The van der Waals surface area contributed by atoms with E-state index in [1.54, 1.807) is 55.6 Å². The fourth-order valence-electron chi connectivity index (χ4n) is 6.53. The molecule has 2 aliphatic heterocycles. The number of methoxy groups -OCH3 is 2. The molecule has 1 spiro atoms. The van der Waals surface area contributed by atoms with Crippen molar-refractivity contribution in [2.45, 2.75) is 24.9 Å². The molecule has 0 unspecified atom stereocenters. The zero-order valence-corrected chi connectivity index (χ0v) is 21.3. The summed E-state index contributed by atoms with van der Waals surface area (Å²) in [6.07, 6.45) is 3.75. The number of carbonyl (C=O) groups excluding carboxylic acids is 3. The Labute approximate surface area is 219 Å². The van der Waals surface area contributed by atoms with E-state index in [2.05, 4.69) is 0 Å². The maximum Gasteiger partial charge on any atom is 0.180 e. The summed E-state index contributed by atoms with van der Waals surface area (Å²) < 4.78 is 11.2. The van der Waals surface area contributed by atoms with Crippen LogP contribution in [0.2, 0.25) is 5.02 Å². The number of hydrogen-bond donors (Lipinski definition) is 0. The Balaban J connectivity index is 1.71. The summed E-state index contributed by atoms with van der Waals surface area (Å²) in [6.45, 7) is 1.51. The van der Waals surface area contributed by atoms with E-state index < -0.39 is 23.4 Å². The zero-order chi connectivity index (χ0) is 26.1. The first-order valence-electron chi connectivity index (χ1n) is 12.0. The highest BCUT2D eigenvalue weighted by atomic mass is 35.5. The van der Waals surface area contributed by atoms with Crippen molar-refractivity contribution in [1.82, 2.24) is 0 Å². The second-order valence-electron chi connectivity index (χ2n) is 9.63. The Kier molecular flexibility index (Phi) is 5.28. The summed E-state index contributed by atoms with van der Waals surface area (Å²) in [4.78, 5) is 44.4. The molecule has 1 saturated heterocycles. The summed E-state index contributed by atoms with van der Waals surface area (Å²) in [5.74, 6) is -0.555. The number of carbonyl (C=O) groups is 3. The molecule has 0 N–H and O–H groups in total. The normalized spacial score (nSPS) is 22.6. The quantitative estimate of drug-likeness (QED) is 0.436. The standard InChI is InChI=1S/C30H24ClNO5/c1-16(33)27-26(22-15-19(36-2)10-12-24(22)37-3)30(28(34)20-6-4-5-7-21(20)29(30)35)25-13-8-17-14-18(31)9-11-23(17)32(25)27/h4-15,25-27H,1-3H3/t25-,26+,27-/m1/s1.